The maximum atomic E-state index is 5.78. The maximum Gasteiger partial charge on any atom is 0.207 e. The van der Waals surface area contributed by atoms with E-state index in [9.17, 15) is 0 Å². The van der Waals surface area contributed by atoms with Crippen LogP contribution in [-0.4, -0.2) is 43.5 Å². The summed E-state index contributed by atoms with van der Waals surface area (Å²) in [4.78, 5) is 1.97. The van der Waals surface area contributed by atoms with Gasteiger partial charge in [0.2, 0.25) is 5.13 Å². The molecular weight excluding hydrogens is 188 g/mol. The first kappa shape index (κ1) is 10.4. The van der Waals surface area contributed by atoms with Crippen LogP contribution in [0.15, 0.2) is 5.51 Å². The minimum Gasteiger partial charge on any atom is -0.383 e. The molecule has 0 aliphatic rings. The van der Waals surface area contributed by atoms with E-state index in [1.165, 1.54) is 11.3 Å². The number of rotatable bonds is 5. The molecule has 5 nitrogen and oxygen atoms in total. The molecule has 1 atom stereocenters. The normalized spacial score (nSPS) is 12.8. The van der Waals surface area contributed by atoms with Crippen molar-refractivity contribution in [2.24, 2.45) is 5.73 Å². The van der Waals surface area contributed by atoms with Crippen LogP contribution in [0.1, 0.15) is 0 Å². The third-order valence-corrected chi connectivity index (χ3v) is 2.37. The van der Waals surface area contributed by atoms with Crippen LogP contribution in [0.5, 0.6) is 0 Å². The number of anilines is 1. The van der Waals surface area contributed by atoms with Crippen LogP contribution in [0, 0.1) is 0 Å². The fourth-order valence-electron chi connectivity index (χ4n) is 1.03. The van der Waals surface area contributed by atoms with Crippen LogP contribution >= 0.6 is 11.3 Å². The average Bonchev–Trinajstić information content (AvgIpc) is 2.55. The van der Waals surface area contributed by atoms with Gasteiger partial charge in [-0.05, 0) is 0 Å². The third-order valence-electron chi connectivity index (χ3n) is 1.56. The molecule has 13 heavy (non-hydrogen) atoms. The Balaban J connectivity index is 2.37. The molecule has 0 saturated heterocycles. The second kappa shape index (κ2) is 5.11. The van der Waals surface area contributed by atoms with Crippen LogP contribution in [0.2, 0.25) is 0 Å². The van der Waals surface area contributed by atoms with E-state index in [-0.39, 0.29) is 6.04 Å². The summed E-state index contributed by atoms with van der Waals surface area (Å²) in [7, 11) is 3.58. The molecule has 2 N–H and O–H groups in total. The number of nitrogens with zero attached hydrogens (tertiary/aromatic N) is 3. The molecule has 0 spiro atoms. The number of aromatic nitrogens is 2. The lowest BCUT2D eigenvalue weighted by atomic mass is 10.3. The summed E-state index contributed by atoms with van der Waals surface area (Å²) in [6.07, 6.45) is 0. The smallest absolute Gasteiger partial charge is 0.207 e. The molecule has 0 amide bonds. The molecule has 0 saturated carbocycles. The van der Waals surface area contributed by atoms with Crippen LogP contribution < -0.4 is 10.6 Å². The largest absolute Gasteiger partial charge is 0.383 e. The zero-order valence-corrected chi connectivity index (χ0v) is 8.62. The molecule has 0 bridgehead atoms. The fraction of sp³-hybridized carbons (Fsp3) is 0.714. The summed E-state index contributed by atoms with van der Waals surface area (Å²) in [5, 5.41) is 8.56. The van der Waals surface area contributed by atoms with E-state index in [0.29, 0.717) is 6.61 Å². The van der Waals surface area contributed by atoms with Crippen LogP contribution in [0.25, 0.3) is 0 Å². The van der Waals surface area contributed by atoms with Crippen LogP contribution in [0.3, 0.4) is 0 Å². The predicted octanol–water partition coefficient (Wildman–Crippen LogP) is -0.0520. The second-order valence-electron chi connectivity index (χ2n) is 2.82. The van der Waals surface area contributed by atoms with Crippen LogP contribution in [-0.2, 0) is 4.74 Å². The van der Waals surface area contributed by atoms with E-state index < -0.39 is 0 Å². The average molecular weight is 202 g/mol. The zero-order valence-electron chi connectivity index (χ0n) is 7.80. The van der Waals surface area contributed by atoms with Gasteiger partial charge in [-0.1, -0.05) is 11.3 Å². The Kier molecular flexibility index (Phi) is 4.07. The Labute approximate surface area is 81.5 Å². The van der Waals surface area contributed by atoms with Gasteiger partial charge in [0.15, 0.2) is 0 Å². The first-order valence-electron chi connectivity index (χ1n) is 3.96. The topological polar surface area (TPSA) is 64.3 Å². The fourth-order valence-corrected chi connectivity index (χ4v) is 1.57. The van der Waals surface area contributed by atoms with Gasteiger partial charge in [-0.3, -0.25) is 0 Å². The van der Waals surface area contributed by atoms with Crippen molar-refractivity contribution in [2.75, 3.05) is 32.2 Å². The Morgan fingerprint density at radius 3 is 3.08 bits per heavy atom. The molecule has 1 heterocycles. The van der Waals surface area contributed by atoms with Crippen molar-refractivity contribution in [1.29, 1.82) is 0 Å². The van der Waals surface area contributed by atoms with E-state index >= 15 is 0 Å². The zero-order chi connectivity index (χ0) is 9.68. The highest BCUT2D eigenvalue weighted by Gasteiger charge is 2.09. The summed E-state index contributed by atoms with van der Waals surface area (Å²) in [5.74, 6) is 0. The van der Waals surface area contributed by atoms with Crippen molar-refractivity contribution in [3.63, 3.8) is 0 Å². The lowest BCUT2D eigenvalue weighted by Gasteiger charge is -2.19. The molecule has 0 aliphatic heterocycles. The number of ether oxygens (including phenoxy) is 1. The Bertz CT molecular complexity index is 228. The van der Waals surface area contributed by atoms with Crippen molar-refractivity contribution in [2.45, 2.75) is 6.04 Å². The number of hydrogen-bond donors (Lipinski definition) is 1. The highest BCUT2D eigenvalue weighted by atomic mass is 32.1. The van der Waals surface area contributed by atoms with Gasteiger partial charge in [0.05, 0.1) is 6.61 Å². The molecule has 1 aromatic rings. The van der Waals surface area contributed by atoms with Gasteiger partial charge in [-0.25, -0.2) is 0 Å². The van der Waals surface area contributed by atoms with Gasteiger partial charge in [0.1, 0.15) is 5.51 Å². The van der Waals surface area contributed by atoms with Gasteiger partial charge in [-0.15, -0.1) is 10.2 Å². The monoisotopic (exact) mass is 202 g/mol. The molecular formula is C7H14N4OS. The summed E-state index contributed by atoms with van der Waals surface area (Å²) in [6, 6.07) is 0.0129. The molecule has 1 aromatic heterocycles. The van der Waals surface area contributed by atoms with Crippen LogP contribution in [0.4, 0.5) is 5.13 Å². The number of hydrogen-bond acceptors (Lipinski definition) is 6. The lowest BCUT2D eigenvalue weighted by Crippen LogP contribution is -2.38. The van der Waals surface area contributed by atoms with Crippen molar-refractivity contribution in [3.8, 4) is 0 Å². The van der Waals surface area contributed by atoms with E-state index in [1.807, 2.05) is 11.9 Å². The molecule has 74 valence electrons. The summed E-state index contributed by atoms with van der Waals surface area (Å²) in [6.45, 7) is 1.28. The summed E-state index contributed by atoms with van der Waals surface area (Å²) in [5.41, 5.74) is 7.48. The van der Waals surface area contributed by atoms with E-state index in [4.69, 9.17) is 10.5 Å². The highest BCUT2D eigenvalue weighted by molar-refractivity contribution is 7.13. The van der Waals surface area contributed by atoms with Crippen molar-refractivity contribution in [1.82, 2.24) is 10.2 Å². The first-order valence-corrected chi connectivity index (χ1v) is 4.84. The SMILES string of the molecule is COCC(N)CN(C)c1nncs1. The second-order valence-corrected chi connectivity index (χ2v) is 3.63. The standard InChI is InChI=1S/C7H14N4OS/c1-11(3-6(8)4-12-2)7-10-9-5-13-7/h5-6H,3-4,8H2,1-2H3. The predicted molar refractivity (Wildman–Crippen MR) is 53.0 cm³/mol. The van der Waals surface area contributed by atoms with Gasteiger partial charge in [0, 0.05) is 26.7 Å². The van der Waals surface area contributed by atoms with Gasteiger partial charge in [0.25, 0.3) is 0 Å². The maximum absolute atomic E-state index is 5.78. The van der Waals surface area contributed by atoms with Gasteiger partial charge in [-0.2, -0.15) is 0 Å². The third kappa shape index (κ3) is 3.25. The molecule has 0 aromatic carbocycles. The molecule has 6 heteroatoms. The molecule has 0 fully saturated rings. The Hall–Kier alpha value is -0.720. The van der Waals surface area contributed by atoms with Gasteiger partial charge >= 0.3 is 0 Å². The minimum atomic E-state index is 0.0129. The molecule has 0 aliphatic carbocycles. The number of methoxy groups -OCH3 is 1. The van der Waals surface area contributed by atoms with Gasteiger partial charge < -0.3 is 15.4 Å². The Morgan fingerprint density at radius 2 is 2.54 bits per heavy atom. The minimum absolute atomic E-state index is 0.0129. The molecule has 1 unspecified atom stereocenters. The van der Waals surface area contributed by atoms with E-state index in [0.717, 1.165) is 11.7 Å². The number of nitrogens with two attached hydrogens (primary N) is 1. The molecule has 0 radical (unpaired) electrons. The molecule has 1 rings (SSSR count). The first-order chi connectivity index (χ1) is 6.24. The van der Waals surface area contributed by atoms with Crippen molar-refractivity contribution < 1.29 is 4.74 Å². The van der Waals surface area contributed by atoms with Crippen molar-refractivity contribution >= 4 is 16.5 Å². The lowest BCUT2D eigenvalue weighted by molar-refractivity contribution is 0.181. The quantitative estimate of drug-likeness (QED) is 0.725. The summed E-state index contributed by atoms with van der Waals surface area (Å²) >= 11 is 1.50. The van der Waals surface area contributed by atoms with E-state index in [1.54, 1.807) is 12.6 Å². The summed E-state index contributed by atoms with van der Waals surface area (Å²) < 4.78 is 4.94. The highest BCUT2D eigenvalue weighted by Crippen LogP contribution is 2.13. The van der Waals surface area contributed by atoms with E-state index in [2.05, 4.69) is 10.2 Å². The van der Waals surface area contributed by atoms with Crippen molar-refractivity contribution in [3.05, 3.63) is 5.51 Å². The Morgan fingerprint density at radius 1 is 1.77 bits per heavy atom. The number of likely N-dealkylation sites (N-methyl/N-ethyl adjacent to an activating group) is 1.